The van der Waals surface area contributed by atoms with Crippen molar-refractivity contribution >= 4 is 0 Å². The number of hydrogen-bond donors (Lipinski definition) is 2. The van der Waals surface area contributed by atoms with Crippen LogP contribution in [0.5, 0.6) is 11.5 Å². The Kier molecular flexibility index (Phi) is 4.94. The van der Waals surface area contributed by atoms with Crippen molar-refractivity contribution in [3.8, 4) is 11.5 Å². The van der Waals surface area contributed by atoms with Gasteiger partial charge in [0.15, 0.2) is 0 Å². The van der Waals surface area contributed by atoms with Crippen LogP contribution in [0.3, 0.4) is 0 Å². The molecule has 0 radical (unpaired) electrons. The molecule has 3 nitrogen and oxygen atoms in total. The lowest BCUT2D eigenvalue weighted by molar-refractivity contribution is 0.195. The van der Waals surface area contributed by atoms with E-state index in [-0.39, 0.29) is 12.4 Å². The first-order valence-corrected chi connectivity index (χ1v) is 6.87. The Morgan fingerprint density at radius 2 is 1.90 bits per heavy atom. The molecule has 2 N–H and O–H groups in total. The third kappa shape index (κ3) is 3.60. The molecule has 0 amide bonds. The monoisotopic (exact) mass is 290 g/mol. The van der Waals surface area contributed by atoms with Crippen molar-refractivity contribution in [3.05, 3.63) is 58.9 Å². The first-order valence-electron chi connectivity index (χ1n) is 6.87. The smallest absolute Gasteiger partial charge is 0.133 e. The fourth-order valence-corrected chi connectivity index (χ4v) is 2.13. The topological polar surface area (TPSA) is 49.7 Å². The molecule has 1 unspecified atom stereocenters. The minimum absolute atomic E-state index is 0.0199. The van der Waals surface area contributed by atoms with E-state index in [9.17, 15) is 9.50 Å². The number of rotatable bonds is 5. The van der Waals surface area contributed by atoms with Gasteiger partial charge < -0.3 is 14.9 Å². The molecule has 0 aromatic heterocycles. The largest absolute Gasteiger partial charge is 0.457 e. The highest BCUT2D eigenvalue weighted by Gasteiger charge is 2.15. The van der Waals surface area contributed by atoms with Crippen LogP contribution < -0.4 is 4.74 Å². The number of hydrogen-bond acceptors (Lipinski definition) is 3. The summed E-state index contributed by atoms with van der Waals surface area (Å²) in [4.78, 5) is 0. The van der Waals surface area contributed by atoms with E-state index in [1.165, 1.54) is 6.07 Å². The predicted octanol–water partition coefficient (Wildman–Crippen LogP) is 3.51. The molecule has 4 heteroatoms. The summed E-state index contributed by atoms with van der Waals surface area (Å²) in [6.45, 7) is 3.23. The summed E-state index contributed by atoms with van der Waals surface area (Å²) < 4.78 is 19.5. The van der Waals surface area contributed by atoms with E-state index < -0.39 is 6.10 Å². The van der Waals surface area contributed by atoms with Crippen LogP contribution >= 0.6 is 0 Å². The molecule has 0 aliphatic carbocycles. The van der Waals surface area contributed by atoms with Gasteiger partial charge in [-0.25, -0.2) is 4.39 Å². The Morgan fingerprint density at radius 1 is 1.19 bits per heavy atom. The number of halogens is 1. The molecule has 1 atom stereocenters. The molecule has 2 rings (SSSR count). The maximum Gasteiger partial charge on any atom is 0.133 e. The van der Waals surface area contributed by atoms with Crippen LogP contribution in [-0.4, -0.2) is 16.8 Å². The van der Waals surface area contributed by atoms with Gasteiger partial charge in [0.25, 0.3) is 0 Å². The number of benzene rings is 2. The predicted molar refractivity (Wildman–Crippen MR) is 79.1 cm³/mol. The number of aliphatic hydroxyl groups is 2. The van der Waals surface area contributed by atoms with E-state index in [0.717, 1.165) is 5.56 Å². The van der Waals surface area contributed by atoms with Gasteiger partial charge in [-0.15, -0.1) is 0 Å². The van der Waals surface area contributed by atoms with Gasteiger partial charge >= 0.3 is 0 Å². The average Bonchev–Trinajstić information content (AvgIpc) is 2.44. The Balaban J connectivity index is 2.41. The quantitative estimate of drug-likeness (QED) is 0.886. The Bertz CT molecular complexity index is 623. The third-order valence-electron chi connectivity index (χ3n) is 3.31. The molecule has 0 aliphatic rings. The summed E-state index contributed by atoms with van der Waals surface area (Å²) in [5.41, 5.74) is 1.71. The Labute approximate surface area is 123 Å². The van der Waals surface area contributed by atoms with Crippen LogP contribution in [0.15, 0.2) is 36.4 Å². The zero-order chi connectivity index (χ0) is 15.4. The van der Waals surface area contributed by atoms with Gasteiger partial charge in [0.1, 0.15) is 17.3 Å². The van der Waals surface area contributed by atoms with Crippen molar-refractivity contribution in [1.29, 1.82) is 0 Å². The summed E-state index contributed by atoms with van der Waals surface area (Å²) in [7, 11) is 0. The van der Waals surface area contributed by atoms with Gasteiger partial charge in [0.05, 0.1) is 6.10 Å². The summed E-state index contributed by atoms with van der Waals surface area (Å²) in [6.07, 6.45) is -0.361. The number of aliphatic hydroxyl groups excluding tert-OH is 2. The summed E-state index contributed by atoms with van der Waals surface area (Å²) in [5, 5.41) is 18.9. The van der Waals surface area contributed by atoms with Crippen LogP contribution in [0.1, 0.15) is 29.7 Å². The average molecular weight is 290 g/mol. The Morgan fingerprint density at radius 3 is 2.57 bits per heavy atom. The maximum atomic E-state index is 13.7. The molecule has 0 aliphatic heterocycles. The van der Waals surface area contributed by atoms with E-state index in [2.05, 4.69) is 0 Å². The normalized spacial score (nSPS) is 12.2. The summed E-state index contributed by atoms with van der Waals surface area (Å²) in [5.74, 6) is 0.649. The molecule has 21 heavy (non-hydrogen) atoms. The molecule has 2 aromatic rings. The number of ether oxygens (including phenoxy) is 1. The van der Waals surface area contributed by atoms with Crippen molar-refractivity contribution in [2.75, 3.05) is 6.61 Å². The minimum Gasteiger partial charge on any atom is -0.457 e. The number of aryl methyl sites for hydroxylation is 1. The van der Waals surface area contributed by atoms with Gasteiger partial charge in [-0.3, -0.25) is 0 Å². The van der Waals surface area contributed by atoms with E-state index >= 15 is 0 Å². The molecule has 0 saturated carbocycles. The second-order valence-electron chi connectivity index (χ2n) is 5.00. The first-order chi connectivity index (χ1) is 10.0. The van der Waals surface area contributed by atoms with Gasteiger partial charge in [0, 0.05) is 12.2 Å². The molecule has 0 spiro atoms. The highest BCUT2D eigenvalue weighted by Crippen LogP contribution is 2.33. The van der Waals surface area contributed by atoms with Gasteiger partial charge in [-0.1, -0.05) is 18.2 Å². The van der Waals surface area contributed by atoms with Crippen LogP contribution in [0, 0.1) is 12.7 Å². The van der Waals surface area contributed by atoms with E-state index in [1.807, 2.05) is 18.2 Å². The molecular formula is C17H19FO3. The fourth-order valence-electron chi connectivity index (χ4n) is 2.13. The molecule has 112 valence electrons. The highest BCUT2D eigenvalue weighted by molar-refractivity contribution is 5.44. The molecule has 0 heterocycles. The van der Waals surface area contributed by atoms with Crippen molar-refractivity contribution in [2.45, 2.75) is 26.4 Å². The lowest BCUT2D eigenvalue weighted by atomic mass is 10.1. The highest BCUT2D eigenvalue weighted by atomic mass is 19.1. The van der Waals surface area contributed by atoms with Crippen molar-refractivity contribution < 1.29 is 19.3 Å². The van der Waals surface area contributed by atoms with Gasteiger partial charge in [-0.2, -0.15) is 0 Å². The van der Waals surface area contributed by atoms with Crippen LogP contribution in [0.4, 0.5) is 4.39 Å². The van der Waals surface area contributed by atoms with Crippen LogP contribution in [-0.2, 0) is 6.42 Å². The zero-order valence-corrected chi connectivity index (χ0v) is 12.1. The van der Waals surface area contributed by atoms with Crippen molar-refractivity contribution in [2.24, 2.45) is 0 Å². The van der Waals surface area contributed by atoms with Crippen LogP contribution in [0.2, 0.25) is 0 Å². The van der Waals surface area contributed by atoms with Crippen molar-refractivity contribution in [3.63, 3.8) is 0 Å². The molecule has 0 fully saturated rings. The van der Waals surface area contributed by atoms with Gasteiger partial charge in [-0.05, 0) is 49.6 Å². The SMILES string of the molecule is Cc1cc(Oc2ccccc2CCO)c(C(C)O)cc1F. The lowest BCUT2D eigenvalue weighted by Gasteiger charge is -2.16. The molecule has 0 saturated heterocycles. The summed E-state index contributed by atoms with van der Waals surface area (Å²) >= 11 is 0. The fraction of sp³-hybridized carbons (Fsp3) is 0.294. The van der Waals surface area contributed by atoms with E-state index in [0.29, 0.717) is 29.0 Å². The molecular weight excluding hydrogens is 271 g/mol. The zero-order valence-electron chi connectivity index (χ0n) is 12.1. The van der Waals surface area contributed by atoms with Crippen molar-refractivity contribution in [1.82, 2.24) is 0 Å². The third-order valence-corrected chi connectivity index (χ3v) is 3.31. The Hall–Kier alpha value is -1.91. The second-order valence-corrected chi connectivity index (χ2v) is 5.00. The first kappa shape index (κ1) is 15.5. The molecule has 2 aromatic carbocycles. The minimum atomic E-state index is -0.833. The second kappa shape index (κ2) is 6.70. The van der Waals surface area contributed by atoms with E-state index in [1.54, 1.807) is 26.0 Å². The van der Waals surface area contributed by atoms with Gasteiger partial charge in [0.2, 0.25) is 0 Å². The number of para-hydroxylation sites is 1. The van der Waals surface area contributed by atoms with Crippen LogP contribution in [0.25, 0.3) is 0 Å². The standard InChI is InChI=1S/C17H19FO3/c1-11-9-17(14(12(2)20)10-15(11)18)21-16-6-4-3-5-13(16)7-8-19/h3-6,9-10,12,19-20H,7-8H2,1-2H3. The van der Waals surface area contributed by atoms with E-state index in [4.69, 9.17) is 9.84 Å². The summed E-state index contributed by atoms with van der Waals surface area (Å²) in [6, 6.07) is 10.2. The maximum absolute atomic E-state index is 13.7. The lowest BCUT2D eigenvalue weighted by Crippen LogP contribution is -2.01. The molecule has 0 bridgehead atoms.